The summed E-state index contributed by atoms with van der Waals surface area (Å²) in [6.07, 6.45) is 6.72. The fraction of sp³-hybridized carbons (Fsp3) is 0.143. The predicted molar refractivity (Wildman–Crippen MR) is 145 cm³/mol. The summed E-state index contributed by atoms with van der Waals surface area (Å²) in [5, 5.41) is 12.9. The Hall–Kier alpha value is -4.63. The van der Waals surface area contributed by atoms with Crippen LogP contribution in [0.4, 0.5) is 10.1 Å². The molecule has 0 aliphatic rings. The standard InChI is InChI=1S/C28H25FN8/c1-37(2)9-8-31-19-11-17(10-18(29)12-19)20-4-3-5-23-21(20)13-25(34-23)28-22-14-24(27-15-30-6-7-32-27)33-16-26(22)35-36-28/h3-7,10-16,31,34H,8-9H2,1-2H3,(H,35,36). The van der Waals surface area contributed by atoms with Gasteiger partial charge < -0.3 is 15.2 Å². The molecule has 2 aromatic carbocycles. The fourth-order valence-electron chi connectivity index (χ4n) is 4.50. The Bertz CT molecular complexity index is 1700. The number of hydrogen-bond acceptors (Lipinski definition) is 6. The third-order valence-electron chi connectivity index (χ3n) is 6.29. The molecule has 3 N–H and O–H groups in total. The summed E-state index contributed by atoms with van der Waals surface area (Å²) >= 11 is 0. The second-order valence-electron chi connectivity index (χ2n) is 9.19. The monoisotopic (exact) mass is 492 g/mol. The number of rotatable bonds is 7. The third kappa shape index (κ3) is 4.52. The minimum atomic E-state index is -0.278. The molecule has 0 amide bonds. The number of benzene rings is 2. The lowest BCUT2D eigenvalue weighted by Crippen LogP contribution is -2.20. The molecule has 0 radical (unpaired) electrons. The molecule has 184 valence electrons. The Morgan fingerprint density at radius 2 is 1.84 bits per heavy atom. The summed E-state index contributed by atoms with van der Waals surface area (Å²) in [4.78, 5) is 18.6. The summed E-state index contributed by atoms with van der Waals surface area (Å²) in [6.45, 7) is 1.58. The van der Waals surface area contributed by atoms with E-state index in [1.54, 1.807) is 30.9 Å². The SMILES string of the molecule is CN(C)CCNc1cc(F)cc(-c2cccc3[nH]c(-c4n[nH]c5cnc(-c6cnccn6)cc45)cc23)c1. The number of likely N-dealkylation sites (N-methyl/N-ethyl adjacent to an activating group) is 1. The molecule has 4 aromatic heterocycles. The van der Waals surface area contributed by atoms with Crippen LogP contribution in [0.1, 0.15) is 0 Å². The number of H-pyrrole nitrogens is 2. The number of pyridine rings is 1. The molecule has 0 saturated carbocycles. The average molecular weight is 493 g/mol. The summed E-state index contributed by atoms with van der Waals surface area (Å²) in [7, 11) is 4.02. The zero-order valence-corrected chi connectivity index (χ0v) is 20.5. The molecule has 6 aromatic rings. The highest BCUT2D eigenvalue weighted by atomic mass is 19.1. The van der Waals surface area contributed by atoms with Crippen molar-refractivity contribution in [1.82, 2.24) is 35.0 Å². The van der Waals surface area contributed by atoms with Crippen LogP contribution in [0.25, 0.3) is 55.7 Å². The van der Waals surface area contributed by atoms with E-state index in [-0.39, 0.29) is 5.82 Å². The predicted octanol–water partition coefficient (Wildman–Crippen LogP) is 5.34. The molecular formula is C28H25FN8. The van der Waals surface area contributed by atoms with Crippen LogP contribution >= 0.6 is 0 Å². The van der Waals surface area contributed by atoms with E-state index in [1.165, 1.54) is 6.07 Å². The zero-order chi connectivity index (χ0) is 25.4. The van der Waals surface area contributed by atoms with E-state index in [4.69, 9.17) is 0 Å². The number of aromatic nitrogens is 6. The summed E-state index contributed by atoms with van der Waals surface area (Å²) in [5.41, 5.74) is 7.30. The first-order valence-corrected chi connectivity index (χ1v) is 12.0. The minimum Gasteiger partial charge on any atom is -0.384 e. The Morgan fingerprint density at radius 1 is 0.919 bits per heavy atom. The Morgan fingerprint density at radius 3 is 2.68 bits per heavy atom. The summed E-state index contributed by atoms with van der Waals surface area (Å²) in [5.74, 6) is -0.278. The first-order chi connectivity index (χ1) is 18.0. The molecule has 0 fully saturated rings. The van der Waals surface area contributed by atoms with E-state index >= 15 is 0 Å². The Balaban J connectivity index is 1.41. The highest BCUT2D eigenvalue weighted by Crippen LogP contribution is 2.35. The minimum absolute atomic E-state index is 0.278. The van der Waals surface area contributed by atoms with Crippen molar-refractivity contribution in [3.8, 4) is 33.9 Å². The lowest BCUT2D eigenvalue weighted by atomic mass is 10.0. The van der Waals surface area contributed by atoms with Gasteiger partial charge in [0, 0.05) is 47.5 Å². The van der Waals surface area contributed by atoms with E-state index in [0.29, 0.717) is 11.4 Å². The number of nitrogens with one attached hydrogen (secondary N) is 3. The topological polar surface area (TPSA) is 98.4 Å². The van der Waals surface area contributed by atoms with Crippen LogP contribution in [0, 0.1) is 5.82 Å². The Labute approximate surface area is 212 Å². The fourth-order valence-corrected chi connectivity index (χ4v) is 4.50. The Kier molecular flexibility index (Phi) is 5.82. The van der Waals surface area contributed by atoms with Gasteiger partial charge in [0.2, 0.25) is 0 Å². The highest BCUT2D eigenvalue weighted by Gasteiger charge is 2.15. The molecule has 0 aliphatic carbocycles. The van der Waals surface area contributed by atoms with Gasteiger partial charge >= 0.3 is 0 Å². The normalized spacial score (nSPS) is 11.6. The van der Waals surface area contributed by atoms with Crippen molar-refractivity contribution in [2.24, 2.45) is 0 Å². The molecule has 8 nitrogen and oxygen atoms in total. The molecule has 0 aliphatic heterocycles. The molecular weight excluding hydrogens is 467 g/mol. The van der Waals surface area contributed by atoms with Gasteiger partial charge in [-0.05, 0) is 61.6 Å². The molecule has 6 rings (SSSR count). The van der Waals surface area contributed by atoms with Crippen molar-refractivity contribution in [3.05, 3.63) is 79.1 Å². The highest BCUT2D eigenvalue weighted by molar-refractivity contribution is 6.01. The van der Waals surface area contributed by atoms with Crippen LogP contribution < -0.4 is 5.32 Å². The van der Waals surface area contributed by atoms with Crippen molar-refractivity contribution in [2.45, 2.75) is 0 Å². The maximum absolute atomic E-state index is 14.6. The van der Waals surface area contributed by atoms with E-state index in [2.05, 4.69) is 46.4 Å². The van der Waals surface area contributed by atoms with Crippen LogP contribution in [-0.2, 0) is 0 Å². The summed E-state index contributed by atoms with van der Waals surface area (Å²) in [6, 6.07) is 15.1. The van der Waals surface area contributed by atoms with Crippen molar-refractivity contribution < 1.29 is 4.39 Å². The van der Waals surface area contributed by atoms with Gasteiger partial charge in [-0.15, -0.1) is 0 Å². The zero-order valence-electron chi connectivity index (χ0n) is 20.5. The second kappa shape index (κ2) is 9.44. The first kappa shape index (κ1) is 22.8. The quantitative estimate of drug-likeness (QED) is 0.278. The summed E-state index contributed by atoms with van der Waals surface area (Å²) < 4.78 is 14.6. The van der Waals surface area contributed by atoms with Crippen LogP contribution in [0.3, 0.4) is 0 Å². The van der Waals surface area contributed by atoms with Gasteiger partial charge in [0.05, 0.1) is 29.3 Å². The van der Waals surface area contributed by atoms with Gasteiger partial charge in [0.15, 0.2) is 0 Å². The molecule has 0 atom stereocenters. The van der Waals surface area contributed by atoms with Gasteiger partial charge in [-0.1, -0.05) is 12.1 Å². The van der Waals surface area contributed by atoms with E-state index in [9.17, 15) is 4.39 Å². The number of nitrogens with zero attached hydrogens (tertiary/aromatic N) is 5. The molecule has 0 bridgehead atoms. The number of hydrogen-bond donors (Lipinski definition) is 3. The van der Waals surface area contributed by atoms with Crippen molar-refractivity contribution in [3.63, 3.8) is 0 Å². The van der Waals surface area contributed by atoms with Crippen LogP contribution in [0.5, 0.6) is 0 Å². The van der Waals surface area contributed by atoms with E-state index < -0.39 is 0 Å². The van der Waals surface area contributed by atoms with Gasteiger partial charge in [0.1, 0.15) is 17.2 Å². The average Bonchev–Trinajstić information content (AvgIpc) is 3.52. The van der Waals surface area contributed by atoms with Crippen molar-refractivity contribution >= 4 is 27.5 Å². The lowest BCUT2D eigenvalue weighted by Gasteiger charge is -2.13. The molecule has 9 heteroatoms. The second-order valence-corrected chi connectivity index (χ2v) is 9.19. The third-order valence-corrected chi connectivity index (χ3v) is 6.29. The molecule has 0 saturated heterocycles. The van der Waals surface area contributed by atoms with Gasteiger partial charge in [-0.3, -0.25) is 20.1 Å². The smallest absolute Gasteiger partial charge is 0.125 e. The van der Waals surface area contributed by atoms with Gasteiger partial charge in [-0.25, -0.2) is 4.39 Å². The largest absolute Gasteiger partial charge is 0.384 e. The van der Waals surface area contributed by atoms with E-state index in [0.717, 1.165) is 63.1 Å². The van der Waals surface area contributed by atoms with Crippen molar-refractivity contribution in [2.75, 3.05) is 32.5 Å². The molecule has 4 heterocycles. The number of fused-ring (bicyclic) bond motifs is 2. The lowest BCUT2D eigenvalue weighted by molar-refractivity contribution is 0.425. The maximum Gasteiger partial charge on any atom is 0.125 e. The number of halogens is 1. The van der Waals surface area contributed by atoms with E-state index in [1.807, 2.05) is 44.4 Å². The number of anilines is 1. The van der Waals surface area contributed by atoms with Crippen LogP contribution in [0.15, 0.2) is 73.3 Å². The maximum atomic E-state index is 14.6. The van der Waals surface area contributed by atoms with Crippen LogP contribution in [-0.4, -0.2) is 62.2 Å². The molecule has 37 heavy (non-hydrogen) atoms. The number of aromatic amines is 2. The van der Waals surface area contributed by atoms with Gasteiger partial charge in [0.25, 0.3) is 0 Å². The van der Waals surface area contributed by atoms with Crippen molar-refractivity contribution in [1.29, 1.82) is 0 Å². The first-order valence-electron chi connectivity index (χ1n) is 12.0. The molecule has 0 spiro atoms. The van der Waals surface area contributed by atoms with Gasteiger partial charge in [-0.2, -0.15) is 5.10 Å². The molecule has 0 unspecified atom stereocenters. The van der Waals surface area contributed by atoms with Crippen LogP contribution in [0.2, 0.25) is 0 Å².